The highest BCUT2D eigenvalue weighted by Crippen LogP contribution is 2.35. The number of aliphatic carboxylic acids is 1. The van der Waals surface area contributed by atoms with E-state index in [0.717, 1.165) is 48.3 Å². The number of halogens is 1. The van der Waals surface area contributed by atoms with E-state index < -0.39 is 11.8 Å². The Labute approximate surface area is 148 Å². The summed E-state index contributed by atoms with van der Waals surface area (Å²) in [4.78, 5) is 27.9. The molecule has 1 atom stereocenters. The number of benzene rings is 1. The molecule has 2 fully saturated rings. The van der Waals surface area contributed by atoms with Crippen molar-refractivity contribution in [3.05, 3.63) is 33.3 Å². The molecule has 3 aliphatic heterocycles. The molecule has 1 aromatic carbocycles. The smallest absolute Gasteiger partial charge is 0.346 e. The maximum atomic E-state index is 12.6. The van der Waals surface area contributed by atoms with Gasteiger partial charge in [-0.1, -0.05) is 11.6 Å². The molecule has 0 saturated carbocycles. The van der Waals surface area contributed by atoms with Crippen LogP contribution in [0, 0.1) is 0 Å². The number of hydrogen-bond donors (Lipinski definition) is 4. The Balaban J connectivity index is 1.76. The first-order valence-corrected chi connectivity index (χ1v) is 9.35. The molecule has 126 valence electrons. The number of fused-ring (bicyclic) bond motifs is 3. The number of thioether (sulfide) groups is 1. The van der Waals surface area contributed by atoms with E-state index >= 15 is 0 Å². The van der Waals surface area contributed by atoms with E-state index in [1.165, 1.54) is 21.6 Å². The molecule has 0 amide bonds. The molecule has 0 bridgehead atoms. The number of nitrogens with one attached hydrogen (secondary N) is 3. The van der Waals surface area contributed by atoms with Crippen molar-refractivity contribution in [2.24, 2.45) is 0 Å². The number of hydrogen-bond acceptors (Lipinski definition) is 3. The van der Waals surface area contributed by atoms with Crippen molar-refractivity contribution in [2.45, 2.75) is 0 Å². The molecule has 0 aromatic heterocycles. The quantitative estimate of drug-likeness (QED) is 0.460. The van der Waals surface area contributed by atoms with Gasteiger partial charge in [-0.25, -0.2) is 4.79 Å². The summed E-state index contributed by atoms with van der Waals surface area (Å²) in [5.41, 5.74) is 2.22. The van der Waals surface area contributed by atoms with Crippen LogP contribution < -0.4 is 14.7 Å². The molecule has 8 heteroatoms. The molecule has 24 heavy (non-hydrogen) atoms. The largest absolute Gasteiger partial charge is 0.477 e. The minimum atomic E-state index is -1.15. The summed E-state index contributed by atoms with van der Waals surface area (Å²) in [6.45, 7) is 4.18. The fraction of sp³-hybridized carbons (Fsp3) is 0.375. The summed E-state index contributed by atoms with van der Waals surface area (Å²) in [5.74, 6) is -0.830. The molecule has 4 N–H and O–H groups in total. The fourth-order valence-corrected chi connectivity index (χ4v) is 4.92. The lowest BCUT2D eigenvalue weighted by Crippen LogP contribution is -3.25. The average Bonchev–Trinajstić information content (AvgIpc) is 2.51. The molecule has 1 unspecified atom stereocenters. The van der Waals surface area contributed by atoms with Crippen molar-refractivity contribution in [1.82, 2.24) is 0 Å². The predicted octanol–water partition coefficient (Wildman–Crippen LogP) is -1.90. The Morgan fingerprint density at radius 3 is 2.50 bits per heavy atom. The molecular formula is C16H19ClN3O3S+3. The van der Waals surface area contributed by atoms with Crippen LogP contribution in [0.4, 0.5) is 11.4 Å². The number of rotatable bonds is 2. The van der Waals surface area contributed by atoms with E-state index in [2.05, 4.69) is 7.05 Å². The van der Waals surface area contributed by atoms with Crippen LogP contribution in [0.2, 0.25) is 5.02 Å². The van der Waals surface area contributed by atoms with E-state index in [-0.39, 0.29) is 5.57 Å². The third kappa shape index (κ3) is 2.39. The van der Waals surface area contributed by atoms with Gasteiger partial charge in [0.15, 0.2) is 22.0 Å². The second-order valence-corrected chi connectivity index (χ2v) is 7.94. The minimum Gasteiger partial charge on any atom is -0.477 e. The van der Waals surface area contributed by atoms with Gasteiger partial charge in [0.25, 0.3) is 0 Å². The zero-order valence-electron chi connectivity index (χ0n) is 13.2. The van der Waals surface area contributed by atoms with Crippen LogP contribution in [0.3, 0.4) is 0 Å². The third-order valence-electron chi connectivity index (χ3n) is 5.07. The maximum Gasteiger partial charge on any atom is 0.346 e. The monoisotopic (exact) mass is 368 g/mol. The van der Waals surface area contributed by atoms with Crippen LogP contribution in [-0.2, 0) is 4.79 Å². The van der Waals surface area contributed by atoms with Crippen LogP contribution in [0.15, 0.2) is 22.7 Å². The lowest BCUT2D eigenvalue weighted by molar-refractivity contribution is -0.975. The van der Waals surface area contributed by atoms with E-state index in [4.69, 9.17) is 11.6 Å². The van der Waals surface area contributed by atoms with Crippen LogP contribution in [0.25, 0.3) is 0 Å². The van der Waals surface area contributed by atoms with E-state index in [0.29, 0.717) is 15.6 Å². The summed E-state index contributed by atoms with van der Waals surface area (Å²) in [7, 11) is 2.19. The molecule has 2 saturated heterocycles. The Kier molecular flexibility index (Phi) is 3.93. The zero-order chi connectivity index (χ0) is 17.0. The van der Waals surface area contributed by atoms with Crippen LogP contribution in [0.1, 0.15) is 10.4 Å². The highest BCUT2D eigenvalue weighted by molar-refractivity contribution is 8.03. The van der Waals surface area contributed by atoms with Crippen molar-refractivity contribution in [3.63, 3.8) is 0 Å². The standard InChI is InChI=1S/C16H16ClN3O3S/c1-18-2-4-19(5-3-18)12-7-11-9(6-10(12)17)14(21)13(16(22)23)15-20(11)8-24-15/h6-7H,2-5,8H2,1H3,(H,22,23)/p+3. The lowest BCUT2D eigenvalue weighted by atomic mass is 9.97. The summed E-state index contributed by atoms with van der Waals surface area (Å²) in [5, 5.41) is 10.5. The summed E-state index contributed by atoms with van der Waals surface area (Å²) in [6.07, 6.45) is 0. The molecular weight excluding hydrogens is 350 g/mol. The van der Waals surface area contributed by atoms with Crippen molar-refractivity contribution in [1.29, 1.82) is 0 Å². The fourth-order valence-electron chi connectivity index (χ4n) is 3.60. The molecule has 4 rings (SSSR count). The van der Waals surface area contributed by atoms with E-state index in [9.17, 15) is 14.7 Å². The van der Waals surface area contributed by atoms with Gasteiger partial charge < -0.3 is 10.0 Å². The van der Waals surface area contributed by atoms with Gasteiger partial charge in [0.05, 0.1) is 18.7 Å². The molecule has 6 nitrogen and oxygen atoms in total. The summed E-state index contributed by atoms with van der Waals surface area (Å²) in [6, 6.07) is 3.68. The Hall–Kier alpha value is -1.38. The van der Waals surface area contributed by atoms with Crippen molar-refractivity contribution in [2.75, 3.05) is 39.1 Å². The molecule has 0 spiro atoms. The molecule has 1 aromatic rings. The zero-order valence-corrected chi connectivity index (χ0v) is 14.8. The summed E-state index contributed by atoms with van der Waals surface area (Å²) < 4.78 is 0. The van der Waals surface area contributed by atoms with Gasteiger partial charge >= 0.3 is 5.97 Å². The average molecular weight is 369 g/mol. The third-order valence-corrected chi connectivity index (χ3v) is 6.55. The molecule has 3 aliphatic rings. The minimum absolute atomic E-state index is 0.104. The Bertz CT molecular complexity index is 787. The number of carbonyl (C=O) groups is 2. The molecule has 3 heterocycles. The molecule has 0 radical (unpaired) electrons. The van der Waals surface area contributed by atoms with Gasteiger partial charge in [0.2, 0.25) is 5.78 Å². The number of carbonyl (C=O) groups excluding carboxylic acids is 1. The SMILES string of the molecule is C[NH+]1CC[NH+](c2cc3c(cc2Cl)C(=O)C(C(=O)O)=C2SC[NH+]23)CC1. The van der Waals surface area contributed by atoms with E-state index in [1.54, 1.807) is 6.07 Å². The first kappa shape index (κ1) is 16.1. The Morgan fingerprint density at radius 2 is 1.92 bits per heavy atom. The van der Waals surface area contributed by atoms with Gasteiger partial charge in [0, 0.05) is 0 Å². The normalized spacial score (nSPS) is 28.9. The lowest BCUT2D eigenvalue weighted by Gasteiger charge is -2.34. The number of carboxylic acids is 1. The van der Waals surface area contributed by atoms with Crippen LogP contribution >= 0.6 is 23.4 Å². The van der Waals surface area contributed by atoms with Gasteiger partial charge in [-0.15, -0.1) is 0 Å². The van der Waals surface area contributed by atoms with E-state index in [1.807, 2.05) is 6.07 Å². The number of carboxylic acid groups (broad SMARTS) is 1. The number of ketones is 1. The van der Waals surface area contributed by atoms with Gasteiger partial charge in [-0.3, -0.25) is 14.6 Å². The predicted molar refractivity (Wildman–Crippen MR) is 90.5 cm³/mol. The second-order valence-electron chi connectivity index (χ2n) is 6.54. The van der Waals surface area contributed by atoms with Crippen molar-refractivity contribution in [3.8, 4) is 0 Å². The second kappa shape index (κ2) is 5.86. The first-order chi connectivity index (χ1) is 11.5. The van der Waals surface area contributed by atoms with Crippen LogP contribution in [-0.4, -0.2) is 56.0 Å². The van der Waals surface area contributed by atoms with Gasteiger partial charge in [0.1, 0.15) is 37.1 Å². The van der Waals surface area contributed by atoms with Crippen molar-refractivity contribution < 1.29 is 29.4 Å². The van der Waals surface area contributed by atoms with Gasteiger partial charge in [-0.2, -0.15) is 0 Å². The highest BCUT2D eigenvalue weighted by Gasteiger charge is 2.46. The molecule has 0 aliphatic carbocycles. The summed E-state index contributed by atoms with van der Waals surface area (Å²) >= 11 is 7.90. The first-order valence-electron chi connectivity index (χ1n) is 7.99. The number of piperazine rings is 1. The number of likely N-dealkylation sites (N-methyl/N-ethyl adjacent to an activating group) is 1. The maximum absolute atomic E-state index is 12.6. The van der Waals surface area contributed by atoms with Gasteiger partial charge in [-0.05, 0) is 17.8 Å². The highest BCUT2D eigenvalue weighted by atomic mass is 35.5. The number of quaternary nitrogens is 3. The topological polar surface area (TPSA) is 67.7 Å². The van der Waals surface area contributed by atoms with Crippen molar-refractivity contribution >= 4 is 46.5 Å². The number of Topliss-reactive ketones (excluding diaryl/α,β-unsaturated/α-hetero) is 1. The Morgan fingerprint density at radius 1 is 1.21 bits per heavy atom. The van der Waals surface area contributed by atoms with Crippen LogP contribution in [0.5, 0.6) is 0 Å².